The lowest BCUT2D eigenvalue weighted by Gasteiger charge is -2.04. The van der Waals surface area contributed by atoms with Gasteiger partial charge in [-0.3, -0.25) is 9.48 Å². The van der Waals surface area contributed by atoms with Gasteiger partial charge in [0.1, 0.15) is 5.82 Å². The van der Waals surface area contributed by atoms with Crippen molar-refractivity contribution < 1.29 is 13.9 Å². The molecule has 2 rings (SSSR count). The van der Waals surface area contributed by atoms with Gasteiger partial charge in [-0.2, -0.15) is 5.10 Å². The molecule has 106 valence electrons. The number of benzene rings is 1. The number of ether oxygens (including phenoxy) is 1. The van der Waals surface area contributed by atoms with E-state index >= 15 is 0 Å². The number of nitrogen functional groups attached to an aromatic ring is 1. The minimum Gasteiger partial charge on any atom is -0.399 e. The minimum absolute atomic E-state index is 0.102. The fraction of sp³-hybridized carbons (Fsp3) is 0.231. The van der Waals surface area contributed by atoms with E-state index in [2.05, 4.69) is 10.4 Å². The van der Waals surface area contributed by atoms with E-state index in [9.17, 15) is 9.18 Å². The Morgan fingerprint density at radius 1 is 1.55 bits per heavy atom. The first-order valence-electron chi connectivity index (χ1n) is 5.98. The number of nitrogens with one attached hydrogen (secondary N) is 1. The van der Waals surface area contributed by atoms with E-state index in [1.807, 2.05) is 0 Å². The van der Waals surface area contributed by atoms with Crippen LogP contribution in [0.2, 0.25) is 0 Å². The highest BCUT2D eigenvalue weighted by atomic mass is 19.1. The maximum Gasteiger partial charge on any atom is 0.258 e. The van der Waals surface area contributed by atoms with Gasteiger partial charge in [0, 0.05) is 19.0 Å². The van der Waals surface area contributed by atoms with Crippen LogP contribution < -0.4 is 11.1 Å². The fourth-order valence-corrected chi connectivity index (χ4v) is 1.65. The molecule has 0 bridgehead atoms. The Balaban J connectivity index is 2.07. The molecular formula is C13H15FN4O2. The highest BCUT2D eigenvalue weighted by Gasteiger charge is 2.13. The number of carbonyl (C=O) groups is 1. The Hall–Kier alpha value is -2.41. The molecular weight excluding hydrogens is 263 g/mol. The van der Waals surface area contributed by atoms with Crippen LogP contribution in [0.4, 0.5) is 15.8 Å². The molecule has 0 spiro atoms. The maximum atomic E-state index is 13.5. The normalized spacial score (nSPS) is 10.5. The Morgan fingerprint density at radius 2 is 2.35 bits per heavy atom. The Kier molecular flexibility index (Phi) is 4.31. The average molecular weight is 278 g/mol. The zero-order chi connectivity index (χ0) is 14.5. The van der Waals surface area contributed by atoms with Gasteiger partial charge in [-0.25, -0.2) is 4.39 Å². The second kappa shape index (κ2) is 6.16. The molecule has 0 aliphatic rings. The lowest BCUT2D eigenvalue weighted by molar-refractivity contribution is 0.102. The predicted octanol–water partition coefficient (Wildman–Crippen LogP) is 1.50. The highest BCUT2D eigenvalue weighted by molar-refractivity contribution is 6.04. The third-order valence-corrected chi connectivity index (χ3v) is 2.65. The lowest BCUT2D eigenvalue weighted by atomic mass is 10.1. The summed E-state index contributed by atoms with van der Waals surface area (Å²) >= 11 is 0. The van der Waals surface area contributed by atoms with Crippen molar-refractivity contribution in [2.45, 2.75) is 6.54 Å². The molecule has 0 saturated carbocycles. The van der Waals surface area contributed by atoms with Gasteiger partial charge in [0.05, 0.1) is 30.6 Å². The predicted molar refractivity (Wildman–Crippen MR) is 72.9 cm³/mol. The monoisotopic (exact) mass is 278 g/mol. The molecule has 1 aromatic heterocycles. The van der Waals surface area contributed by atoms with Crippen molar-refractivity contribution >= 4 is 17.3 Å². The Bertz CT molecular complexity index is 612. The van der Waals surface area contributed by atoms with Gasteiger partial charge in [0.2, 0.25) is 0 Å². The molecule has 3 N–H and O–H groups in total. The molecule has 0 saturated heterocycles. The molecule has 1 heterocycles. The first-order chi connectivity index (χ1) is 9.60. The van der Waals surface area contributed by atoms with Gasteiger partial charge in [0.25, 0.3) is 5.91 Å². The summed E-state index contributed by atoms with van der Waals surface area (Å²) in [4.78, 5) is 11.9. The quantitative estimate of drug-likeness (QED) is 0.812. The van der Waals surface area contributed by atoms with Crippen LogP contribution in [0.1, 0.15) is 10.4 Å². The van der Waals surface area contributed by atoms with Gasteiger partial charge < -0.3 is 15.8 Å². The topological polar surface area (TPSA) is 82.2 Å². The summed E-state index contributed by atoms with van der Waals surface area (Å²) < 4.78 is 20.1. The zero-order valence-electron chi connectivity index (χ0n) is 11.0. The largest absolute Gasteiger partial charge is 0.399 e. The minimum atomic E-state index is -0.622. The van der Waals surface area contributed by atoms with Crippen LogP contribution >= 0.6 is 0 Å². The smallest absolute Gasteiger partial charge is 0.258 e. The summed E-state index contributed by atoms with van der Waals surface area (Å²) in [6.07, 6.45) is 3.12. The Labute approximate surface area is 115 Å². The second-order valence-corrected chi connectivity index (χ2v) is 4.18. The number of hydrogen-bond donors (Lipinski definition) is 2. The summed E-state index contributed by atoms with van der Waals surface area (Å²) in [6, 6.07) is 3.85. The molecule has 1 aromatic carbocycles. The molecule has 0 aliphatic carbocycles. The summed E-state index contributed by atoms with van der Waals surface area (Å²) in [5, 5.41) is 6.61. The van der Waals surface area contributed by atoms with E-state index < -0.39 is 11.7 Å². The first kappa shape index (κ1) is 14.0. The number of rotatable bonds is 5. The van der Waals surface area contributed by atoms with Crippen molar-refractivity contribution in [2.75, 3.05) is 24.8 Å². The van der Waals surface area contributed by atoms with E-state index in [-0.39, 0.29) is 5.56 Å². The summed E-state index contributed by atoms with van der Waals surface area (Å²) in [7, 11) is 1.59. The molecule has 2 aromatic rings. The van der Waals surface area contributed by atoms with E-state index in [4.69, 9.17) is 10.5 Å². The standard InChI is InChI=1S/C13H15FN4O2/c1-20-5-4-18-8-10(7-16-18)17-13(19)11-6-9(15)2-3-12(11)14/h2-3,6-8H,4-5,15H2,1H3,(H,17,19). The van der Waals surface area contributed by atoms with E-state index in [1.165, 1.54) is 18.3 Å². The van der Waals surface area contributed by atoms with Crippen LogP contribution in [0.3, 0.4) is 0 Å². The molecule has 7 heteroatoms. The van der Waals surface area contributed by atoms with Gasteiger partial charge in [0.15, 0.2) is 0 Å². The number of hydrogen-bond acceptors (Lipinski definition) is 4. The van der Waals surface area contributed by atoms with E-state index in [0.717, 1.165) is 6.07 Å². The molecule has 1 amide bonds. The van der Waals surface area contributed by atoms with Gasteiger partial charge in [-0.1, -0.05) is 0 Å². The number of halogens is 1. The van der Waals surface area contributed by atoms with Crippen LogP contribution in [-0.4, -0.2) is 29.4 Å². The highest BCUT2D eigenvalue weighted by Crippen LogP contribution is 2.14. The van der Waals surface area contributed by atoms with Gasteiger partial charge >= 0.3 is 0 Å². The SMILES string of the molecule is COCCn1cc(NC(=O)c2cc(N)ccc2F)cn1. The molecule has 0 fully saturated rings. The maximum absolute atomic E-state index is 13.5. The number of carbonyl (C=O) groups excluding carboxylic acids is 1. The van der Waals surface area contributed by atoms with Crippen molar-refractivity contribution in [3.05, 3.63) is 42.0 Å². The Morgan fingerprint density at radius 3 is 3.10 bits per heavy atom. The van der Waals surface area contributed by atoms with Gasteiger partial charge in [-0.05, 0) is 18.2 Å². The van der Waals surface area contributed by atoms with Crippen LogP contribution in [0.15, 0.2) is 30.6 Å². The van der Waals surface area contributed by atoms with Crippen molar-refractivity contribution in [1.82, 2.24) is 9.78 Å². The van der Waals surface area contributed by atoms with Crippen LogP contribution in [0, 0.1) is 5.82 Å². The number of methoxy groups -OCH3 is 1. The van der Waals surface area contributed by atoms with Gasteiger partial charge in [-0.15, -0.1) is 0 Å². The second-order valence-electron chi connectivity index (χ2n) is 4.18. The van der Waals surface area contributed by atoms with E-state index in [1.54, 1.807) is 18.0 Å². The summed E-state index contributed by atoms with van der Waals surface area (Å²) in [6.45, 7) is 1.08. The van der Waals surface area contributed by atoms with Crippen molar-refractivity contribution in [3.8, 4) is 0 Å². The molecule has 0 unspecified atom stereocenters. The van der Waals surface area contributed by atoms with Crippen LogP contribution in [0.5, 0.6) is 0 Å². The third-order valence-electron chi connectivity index (χ3n) is 2.65. The van der Waals surface area contributed by atoms with Crippen LogP contribution in [0.25, 0.3) is 0 Å². The number of nitrogens with zero attached hydrogens (tertiary/aromatic N) is 2. The zero-order valence-corrected chi connectivity index (χ0v) is 11.0. The third kappa shape index (κ3) is 3.33. The van der Waals surface area contributed by atoms with E-state index in [0.29, 0.717) is 24.5 Å². The number of nitrogens with two attached hydrogens (primary N) is 1. The molecule has 20 heavy (non-hydrogen) atoms. The number of amides is 1. The molecule has 0 aliphatic heterocycles. The average Bonchev–Trinajstić information content (AvgIpc) is 2.86. The molecule has 6 nitrogen and oxygen atoms in total. The number of anilines is 2. The fourth-order valence-electron chi connectivity index (χ4n) is 1.65. The lowest BCUT2D eigenvalue weighted by Crippen LogP contribution is -2.14. The first-order valence-corrected chi connectivity index (χ1v) is 5.98. The number of aromatic nitrogens is 2. The van der Waals surface area contributed by atoms with Crippen molar-refractivity contribution in [2.24, 2.45) is 0 Å². The summed E-state index contributed by atoms with van der Waals surface area (Å²) in [5.41, 5.74) is 6.24. The molecule has 0 radical (unpaired) electrons. The summed E-state index contributed by atoms with van der Waals surface area (Å²) in [5.74, 6) is -1.19. The van der Waals surface area contributed by atoms with Crippen molar-refractivity contribution in [1.29, 1.82) is 0 Å². The van der Waals surface area contributed by atoms with Crippen molar-refractivity contribution in [3.63, 3.8) is 0 Å². The molecule has 0 atom stereocenters. The van der Waals surface area contributed by atoms with Crippen LogP contribution in [-0.2, 0) is 11.3 Å².